The molecule has 3 saturated heterocycles. The first kappa shape index (κ1) is 20.4. The molecule has 6 rings (SSSR count). The van der Waals surface area contributed by atoms with Crippen molar-refractivity contribution >= 4 is 0 Å². The van der Waals surface area contributed by atoms with Gasteiger partial charge in [0.05, 0.1) is 5.69 Å². The van der Waals surface area contributed by atoms with Crippen molar-refractivity contribution in [2.24, 2.45) is 5.92 Å². The number of aromatic nitrogens is 2. The molecule has 5 nitrogen and oxygen atoms in total. The van der Waals surface area contributed by atoms with Crippen LogP contribution in [0.1, 0.15) is 35.2 Å². The summed E-state index contributed by atoms with van der Waals surface area (Å²) in [5.74, 6) is 3.00. The van der Waals surface area contributed by atoms with Crippen LogP contribution in [-0.2, 0) is 12.0 Å². The lowest BCUT2D eigenvalue weighted by molar-refractivity contribution is -0.143. The van der Waals surface area contributed by atoms with Gasteiger partial charge in [-0.05, 0) is 67.6 Å². The quantitative estimate of drug-likeness (QED) is 0.654. The van der Waals surface area contributed by atoms with Crippen LogP contribution in [0.5, 0.6) is 0 Å². The lowest BCUT2D eigenvalue weighted by Crippen LogP contribution is -2.63. The number of nitrogens with zero attached hydrogens (tertiary/aromatic N) is 4. The van der Waals surface area contributed by atoms with Gasteiger partial charge in [-0.1, -0.05) is 36.3 Å². The molecule has 2 atom stereocenters. The minimum Gasteiger partial charge on any atom is -0.382 e. The summed E-state index contributed by atoms with van der Waals surface area (Å²) in [5, 5.41) is 21.1. The topological polar surface area (TPSA) is 73.0 Å². The Kier molecular flexibility index (Phi) is 5.23. The van der Waals surface area contributed by atoms with Gasteiger partial charge in [-0.2, -0.15) is 5.26 Å². The second-order valence-electron chi connectivity index (χ2n) is 8.64. The molecule has 3 aromatic rings. The average molecular weight is 421 g/mol. The van der Waals surface area contributed by atoms with Crippen molar-refractivity contribution in [1.29, 1.82) is 5.26 Å². The van der Waals surface area contributed by atoms with E-state index in [2.05, 4.69) is 27.9 Å². The standard InChI is InChI=1S/C27H24N4O/c1-2-26-27(32,22-10-12-31(26)13-11-22)24-18-30-25(20-8-9-23(16-28)29-17-20)15-21(24)14-19-6-4-3-5-7-19/h1,3-9,15,17-18,22,26,32H,10-14H2. The summed E-state index contributed by atoms with van der Waals surface area (Å²) >= 11 is 0. The van der Waals surface area contributed by atoms with E-state index in [1.54, 1.807) is 18.5 Å². The highest BCUT2D eigenvalue weighted by atomic mass is 16.3. The van der Waals surface area contributed by atoms with E-state index in [1.807, 2.05) is 36.4 Å². The second kappa shape index (κ2) is 8.20. The zero-order valence-corrected chi connectivity index (χ0v) is 17.8. The Morgan fingerprint density at radius 3 is 2.53 bits per heavy atom. The molecule has 2 bridgehead atoms. The van der Waals surface area contributed by atoms with Gasteiger partial charge in [-0.15, -0.1) is 6.42 Å². The van der Waals surface area contributed by atoms with E-state index in [0.717, 1.165) is 53.9 Å². The van der Waals surface area contributed by atoms with Gasteiger partial charge in [0, 0.05) is 23.5 Å². The first-order valence-corrected chi connectivity index (χ1v) is 11.0. The zero-order valence-electron chi connectivity index (χ0n) is 17.8. The molecule has 3 aliphatic heterocycles. The van der Waals surface area contributed by atoms with E-state index >= 15 is 0 Å². The Bertz CT molecular complexity index is 1200. The molecule has 5 heterocycles. The highest BCUT2D eigenvalue weighted by molar-refractivity contribution is 5.61. The van der Waals surface area contributed by atoms with E-state index < -0.39 is 5.60 Å². The third-order valence-corrected chi connectivity index (χ3v) is 6.92. The SMILES string of the molecule is C#CC1N2CCC(CC2)C1(O)c1cnc(-c2ccc(C#N)nc2)cc1Cc1ccccc1. The number of fused-ring (bicyclic) bond motifs is 3. The normalized spacial score (nSPS) is 26.3. The summed E-state index contributed by atoms with van der Waals surface area (Å²) in [6.07, 6.45) is 11.9. The van der Waals surface area contributed by atoms with Crippen LogP contribution in [0.25, 0.3) is 11.3 Å². The van der Waals surface area contributed by atoms with Gasteiger partial charge in [-0.25, -0.2) is 4.98 Å². The Morgan fingerprint density at radius 1 is 1.09 bits per heavy atom. The summed E-state index contributed by atoms with van der Waals surface area (Å²) in [5.41, 5.74) is 3.84. The molecule has 0 amide bonds. The molecule has 5 heteroatoms. The van der Waals surface area contributed by atoms with E-state index in [0.29, 0.717) is 12.1 Å². The lowest BCUT2D eigenvalue weighted by atomic mass is 9.66. The number of hydrogen-bond donors (Lipinski definition) is 1. The summed E-state index contributed by atoms with van der Waals surface area (Å²) in [7, 11) is 0. The van der Waals surface area contributed by atoms with Crippen molar-refractivity contribution in [3.8, 4) is 29.7 Å². The predicted molar refractivity (Wildman–Crippen MR) is 122 cm³/mol. The van der Waals surface area contributed by atoms with Crippen LogP contribution >= 0.6 is 0 Å². The maximum absolute atomic E-state index is 12.1. The number of hydrogen-bond acceptors (Lipinski definition) is 5. The Morgan fingerprint density at radius 2 is 1.88 bits per heavy atom. The van der Waals surface area contributed by atoms with Gasteiger partial charge in [-0.3, -0.25) is 9.88 Å². The van der Waals surface area contributed by atoms with E-state index in [4.69, 9.17) is 16.7 Å². The van der Waals surface area contributed by atoms with Crippen molar-refractivity contribution < 1.29 is 5.11 Å². The molecule has 1 aromatic carbocycles. The number of terminal acetylenes is 1. The summed E-state index contributed by atoms with van der Waals surface area (Å²) in [6, 6.07) is 17.5. The number of benzene rings is 1. The monoisotopic (exact) mass is 420 g/mol. The molecule has 3 aliphatic rings. The summed E-state index contributed by atoms with van der Waals surface area (Å²) in [4.78, 5) is 11.1. The van der Waals surface area contributed by atoms with Gasteiger partial charge in [0.15, 0.2) is 0 Å². The maximum Gasteiger partial charge on any atom is 0.140 e. The fourth-order valence-electron chi connectivity index (χ4n) is 5.29. The van der Waals surface area contributed by atoms with Gasteiger partial charge < -0.3 is 5.11 Å². The number of piperidine rings is 3. The number of nitriles is 1. The smallest absolute Gasteiger partial charge is 0.140 e. The molecular formula is C27H24N4O. The molecule has 0 saturated carbocycles. The Hall–Kier alpha value is -3.51. The molecule has 158 valence electrons. The molecule has 3 fully saturated rings. The highest BCUT2D eigenvalue weighted by Crippen LogP contribution is 2.48. The molecule has 1 N–H and O–H groups in total. The van der Waals surface area contributed by atoms with Crippen molar-refractivity contribution in [2.75, 3.05) is 13.1 Å². The van der Waals surface area contributed by atoms with Crippen molar-refractivity contribution in [3.63, 3.8) is 0 Å². The largest absolute Gasteiger partial charge is 0.382 e. The lowest BCUT2D eigenvalue weighted by Gasteiger charge is -2.54. The first-order valence-electron chi connectivity index (χ1n) is 11.0. The van der Waals surface area contributed by atoms with Gasteiger partial charge in [0.25, 0.3) is 0 Å². The molecule has 0 spiro atoms. The Balaban J connectivity index is 1.63. The van der Waals surface area contributed by atoms with Gasteiger partial charge >= 0.3 is 0 Å². The van der Waals surface area contributed by atoms with Crippen molar-refractivity contribution in [2.45, 2.75) is 30.9 Å². The minimum atomic E-state index is -1.12. The first-order chi connectivity index (χ1) is 15.6. The van der Waals surface area contributed by atoms with Gasteiger partial charge in [0.1, 0.15) is 23.4 Å². The van der Waals surface area contributed by atoms with Crippen molar-refractivity contribution in [1.82, 2.24) is 14.9 Å². The Labute approximate surface area is 188 Å². The molecule has 2 aromatic heterocycles. The van der Waals surface area contributed by atoms with Crippen LogP contribution in [0.4, 0.5) is 0 Å². The molecule has 32 heavy (non-hydrogen) atoms. The van der Waals surface area contributed by atoms with Crippen LogP contribution in [-0.4, -0.2) is 39.1 Å². The third-order valence-electron chi connectivity index (χ3n) is 6.92. The molecule has 2 unspecified atom stereocenters. The predicted octanol–water partition coefficient (Wildman–Crippen LogP) is 3.52. The summed E-state index contributed by atoms with van der Waals surface area (Å²) < 4.78 is 0. The van der Waals surface area contributed by atoms with Gasteiger partial charge in [0.2, 0.25) is 0 Å². The van der Waals surface area contributed by atoms with E-state index in [-0.39, 0.29) is 12.0 Å². The fourth-order valence-corrected chi connectivity index (χ4v) is 5.29. The molecule has 0 aliphatic carbocycles. The highest BCUT2D eigenvalue weighted by Gasteiger charge is 2.54. The van der Waals surface area contributed by atoms with Crippen LogP contribution in [0.15, 0.2) is 60.9 Å². The second-order valence-corrected chi connectivity index (χ2v) is 8.64. The van der Waals surface area contributed by atoms with Crippen molar-refractivity contribution in [3.05, 3.63) is 83.3 Å². The minimum absolute atomic E-state index is 0.118. The zero-order chi connectivity index (χ0) is 22.1. The summed E-state index contributed by atoms with van der Waals surface area (Å²) in [6.45, 7) is 1.86. The molecular weight excluding hydrogens is 396 g/mol. The van der Waals surface area contributed by atoms with Crippen LogP contribution < -0.4 is 0 Å². The van der Waals surface area contributed by atoms with Crippen LogP contribution in [0, 0.1) is 29.6 Å². The van der Waals surface area contributed by atoms with E-state index in [1.165, 1.54) is 0 Å². The number of rotatable bonds is 4. The third kappa shape index (κ3) is 3.37. The number of pyridine rings is 2. The number of aliphatic hydroxyl groups is 1. The van der Waals surface area contributed by atoms with E-state index in [9.17, 15) is 5.11 Å². The van der Waals surface area contributed by atoms with Crippen LogP contribution in [0.3, 0.4) is 0 Å². The van der Waals surface area contributed by atoms with Crippen LogP contribution in [0.2, 0.25) is 0 Å². The molecule has 0 radical (unpaired) electrons. The fraction of sp³-hybridized carbons (Fsp3) is 0.296. The maximum atomic E-state index is 12.1. The average Bonchev–Trinajstić information content (AvgIpc) is 2.85.